The Kier molecular flexibility index (Phi) is 1.56. The molecule has 0 aromatic rings. The molecule has 13 heavy (non-hydrogen) atoms. The van der Waals surface area contributed by atoms with Gasteiger partial charge in [-0.25, -0.2) is 0 Å². The molecule has 0 saturated heterocycles. The Morgan fingerprint density at radius 2 is 2.08 bits per heavy atom. The Hall–Kier alpha value is -0.0300. The van der Waals surface area contributed by atoms with Crippen molar-refractivity contribution in [2.24, 2.45) is 5.41 Å². The molecule has 2 heteroatoms. The van der Waals surface area contributed by atoms with E-state index in [0.717, 1.165) is 6.42 Å². The van der Waals surface area contributed by atoms with Crippen molar-refractivity contribution in [1.82, 2.24) is 0 Å². The monoisotopic (exact) mass is 198 g/mol. The van der Waals surface area contributed by atoms with E-state index in [4.69, 9.17) is 0 Å². The van der Waals surface area contributed by atoms with Crippen LogP contribution in [-0.4, -0.2) is 10.8 Å². The molecule has 1 fully saturated rings. The van der Waals surface area contributed by atoms with Crippen LogP contribution in [0, 0.1) is 5.41 Å². The van der Waals surface area contributed by atoms with E-state index < -0.39 is 7.14 Å². The highest BCUT2D eigenvalue weighted by Crippen LogP contribution is 2.82. The van der Waals surface area contributed by atoms with Crippen LogP contribution < -0.4 is 0 Å². The quantitative estimate of drug-likeness (QED) is 0.540. The molecule has 0 aromatic heterocycles. The van der Waals surface area contributed by atoms with Gasteiger partial charge in [0.2, 0.25) is 0 Å². The summed E-state index contributed by atoms with van der Waals surface area (Å²) in [5.74, 6) is 2.10. The van der Waals surface area contributed by atoms with Crippen molar-refractivity contribution in [3.8, 4) is 0 Å². The summed E-state index contributed by atoms with van der Waals surface area (Å²) in [6.45, 7) is 10.7. The SMILES string of the molecule is CC1=C[P@@](=O)(C(C)(C)C)[C@@H]2C[C@]12C. The van der Waals surface area contributed by atoms with Crippen LogP contribution in [0.25, 0.3) is 0 Å². The lowest BCUT2D eigenvalue weighted by molar-refractivity contribution is 0.552. The third-order valence-corrected chi connectivity index (χ3v) is 8.54. The summed E-state index contributed by atoms with van der Waals surface area (Å²) in [5, 5.41) is -0.0345. The first kappa shape index (κ1) is 9.52. The van der Waals surface area contributed by atoms with Crippen molar-refractivity contribution in [3.63, 3.8) is 0 Å². The molecule has 0 aromatic carbocycles. The number of hydrogen-bond acceptors (Lipinski definition) is 1. The van der Waals surface area contributed by atoms with E-state index in [9.17, 15) is 4.57 Å². The summed E-state index contributed by atoms with van der Waals surface area (Å²) in [6, 6.07) is 0. The first-order valence-electron chi connectivity index (χ1n) is 5.01. The van der Waals surface area contributed by atoms with Gasteiger partial charge in [0.1, 0.15) is 7.14 Å². The van der Waals surface area contributed by atoms with E-state index in [1.807, 2.05) is 0 Å². The summed E-state index contributed by atoms with van der Waals surface area (Å²) < 4.78 is 12.7. The predicted octanol–water partition coefficient (Wildman–Crippen LogP) is 3.84. The predicted molar refractivity (Wildman–Crippen MR) is 57.6 cm³/mol. The van der Waals surface area contributed by atoms with Gasteiger partial charge < -0.3 is 4.57 Å². The van der Waals surface area contributed by atoms with Gasteiger partial charge in [-0.15, -0.1) is 0 Å². The van der Waals surface area contributed by atoms with E-state index in [-0.39, 0.29) is 5.16 Å². The van der Waals surface area contributed by atoms with E-state index in [2.05, 4.69) is 40.4 Å². The highest BCUT2D eigenvalue weighted by Gasteiger charge is 2.66. The first-order valence-corrected chi connectivity index (χ1v) is 6.86. The zero-order valence-corrected chi connectivity index (χ0v) is 10.1. The molecule has 1 saturated carbocycles. The number of rotatable bonds is 0. The minimum atomic E-state index is -2.05. The summed E-state index contributed by atoms with van der Waals surface area (Å²) >= 11 is 0. The smallest absolute Gasteiger partial charge is 0.117 e. The molecular formula is C11H19OP. The number of allylic oxidation sites excluding steroid dienone is 1. The van der Waals surface area contributed by atoms with Crippen molar-refractivity contribution in [1.29, 1.82) is 0 Å². The van der Waals surface area contributed by atoms with Crippen LogP contribution in [0.4, 0.5) is 0 Å². The Bertz CT molecular complexity index is 334. The molecule has 1 aliphatic heterocycles. The molecule has 1 heterocycles. The van der Waals surface area contributed by atoms with Crippen LogP contribution in [0.2, 0.25) is 0 Å². The first-order chi connectivity index (χ1) is 5.72. The molecule has 0 amide bonds. The van der Waals surface area contributed by atoms with Gasteiger partial charge in [-0.05, 0) is 24.6 Å². The second kappa shape index (κ2) is 2.14. The van der Waals surface area contributed by atoms with Crippen molar-refractivity contribution in [3.05, 3.63) is 11.4 Å². The molecule has 2 rings (SSSR count). The number of fused-ring (bicyclic) bond motifs is 1. The van der Waals surface area contributed by atoms with Gasteiger partial charge in [0.15, 0.2) is 0 Å². The van der Waals surface area contributed by atoms with Gasteiger partial charge in [0.05, 0.1) is 0 Å². The third-order valence-electron chi connectivity index (χ3n) is 3.99. The minimum absolute atomic E-state index is 0.0345. The lowest BCUT2D eigenvalue weighted by Crippen LogP contribution is -2.15. The fraction of sp³-hybridized carbons (Fsp3) is 0.818. The molecule has 0 spiro atoms. The van der Waals surface area contributed by atoms with E-state index in [0.29, 0.717) is 11.1 Å². The van der Waals surface area contributed by atoms with E-state index >= 15 is 0 Å². The molecule has 0 unspecified atom stereocenters. The Balaban J connectivity index is 2.47. The average Bonchev–Trinajstić information content (AvgIpc) is 2.56. The summed E-state index contributed by atoms with van der Waals surface area (Å²) in [5.41, 5.74) is 2.15. The minimum Gasteiger partial charge on any atom is -0.318 e. The standard InChI is InChI=1S/C11H19OP/c1-8-7-13(12,10(2,3)4)9-6-11(8,9)5/h7,9H,6H2,1-5H3/t9-,11-,13+/m1/s1. The maximum Gasteiger partial charge on any atom is 0.117 e. The van der Waals surface area contributed by atoms with Crippen LogP contribution in [0.1, 0.15) is 41.0 Å². The summed E-state index contributed by atoms with van der Waals surface area (Å²) in [7, 11) is -2.05. The molecule has 0 radical (unpaired) electrons. The molecule has 3 atom stereocenters. The Labute approximate surface area is 81.0 Å². The van der Waals surface area contributed by atoms with Gasteiger partial charge in [-0.3, -0.25) is 0 Å². The van der Waals surface area contributed by atoms with Crippen molar-refractivity contribution in [2.75, 3.05) is 0 Å². The van der Waals surface area contributed by atoms with Crippen LogP contribution in [0.5, 0.6) is 0 Å². The van der Waals surface area contributed by atoms with E-state index in [1.165, 1.54) is 5.57 Å². The zero-order valence-electron chi connectivity index (χ0n) is 9.22. The highest BCUT2D eigenvalue weighted by atomic mass is 31.2. The highest BCUT2D eigenvalue weighted by molar-refractivity contribution is 7.70. The van der Waals surface area contributed by atoms with Gasteiger partial charge >= 0.3 is 0 Å². The summed E-state index contributed by atoms with van der Waals surface area (Å²) in [4.78, 5) is 0. The van der Waals surface area contributed by atoms with Crippen LogP contribution >= 0.6 is 7.14 Å². The Morgan fingerprint density at radius 3 is 2.23 bits per heavy atom. The second-order valence-electron chi connectivity index (χ2n) is 5.83. The van der Waals surface area contributed by atoms with Crippen molar-refractivity contribution < 1.29 is 4.57 Å². The largest absolute Gasteiger partial charge is 0.318 e. The fourth-order valence-corrected chi connectivity index (χ4v) is 6.59. The molecule has 0 bridgehead atoms. The molecule has 74 valence electrons. The topological polar surface area (TPSA) is 17.1 Å². The van der Waals surface area contributed by atoms with Crippen LogP contribution in [0.15, 0.2) is 11.4 Å². The Morgan fingerprint density at radius 1 is 1.54 bits per heavy atom. The lowest BCUT2D eigenvalue weighted by Gasteiger charge is -2.27. The molecule has 1 aliphatic carbocycles. The normalized spacial score (nSPS) is 48.7. The maximum absolute atomic E-state index is 12.7. The fourth-order valence-electron chi connectivity index (χ4n) is 2.51. The molecule has 2 aliphatic rings. The molecular weight excluding hydrogens is 179 g/mol. The van der Waals surface area contributed by atoms with Crippen molar-refractivity contribution >= 4 is 7.14 Å². The van der Waals surface area contributed by atoms with Gasteiger partial charge in [-0.1, -0.05) is 33.3 Å². The zero-order chi connectivity index (χ0) is 10.1. The molecule has 1 nitrogen and oxygen atoms in total. The maximum atomic E-state index is 12.7. The number of hydrogen-bond donors (Lipinski definition) is 0. The average molecular weight is 198 g/mol. The van der Waals surface area contributed by atoms with Gasteiger partial charge in [-0.2, -0.15) is 0 Å². The van der Waals surface area contributed by atoms with Crippen LogP contribution in [0.3, 0.4) is 0 Å². The molecule has 0 N–H and O–H groups in total. The lowest BCUT2D eigenvalue weighted by atomic mass is 10.0. The third kappa shape index (κ3) is 0.973. The van der Waals surface area contributed by atoms with Gasteiger partial charge in [0.25, 0.3) is 0 Å². The van der Waals surface area contributed by atoms with Crippen LogP contribution in [-0.2, 0) is 4.57 Å². The van der Waals surface area contributed by atoms with Gasteiger partial charge in [0, 0.05) is 10.8 Å². The van der Waals surface area contributed by atoms with E-state index in [1.54, 1.807) is 0 Å². The second-order valence-corrected chi connectivity index (χ2v) is 9.47. The summed E-state index contributed by atoms with van der Waals surface area (Å²) in [6.07, 6.45) is 1.16. The van der Waals surface area contributed by atoms with Crippen molar-refractivity contribution in [2.45, 2.75) is 51.9 Å².